The summed E-state index contributed by atoms with van der Waals surface area (Å²) < 4.78 is 5.33. The predicted molar refractivity (Wildman–Crippen MR) is 79.3 cm³/mol. The van der Waals surface area contributed by atoms with Crippen molar-refractivity contribution in [2.75, 3.05) is 0 Å². The number of carbonyl (C=O) groups excluding carboxylic acids is 1. The van der Waals surface area contributed by atoms with Crippen LogP contribution in [0.5, 0.6) is 0 Å². The van der Waals surface area contributed by atoms with Crippen molar-refractivity contribution in [3.63, 3.8) is 0 Å². The summed E-state index contributed by atoms with van der Waals surface area (Å²) in [6, 6.07) is 17.9. The van der Waals surface area contributed by atoms with Crippen molar-refractivity contribution in [3.8, 4) is 22.5 Å². The van der Waals surface area contributed by atoms with Crippen LogP contribution >= 0.6 is 0 Å². The van der Waals surface area contributed by atoms with E-state index in [4.69, 9.17) is 4.42 Å². The summed E-state index contributed by atoms with van der Waals surface area (Å²) in [6.45, 7) is 0. The molecule has 1 aromatic heterocycles. The SMILES string of the molecule is O=C1c2ccccc2-c2cc(=O)oc(-c3ccccc3)c21. The average Bonchev–Trinajstić information content (AvgIpc) is 2.81. The Morgan fingerprint density at radius 2 is 1.38 bits per heavy atom. The fraction of sp³-hybridized carbons (Fsp3) is 0. The van der Waals surface area contributed by atoms with Gasteiger partial charge in [-0.3, -0.25) is 4.79 Å². The molecule has 0 saturated carbocycles. The van der Waals surface area contributed by atoms with Crippen LogP contribution in [0.2, 0.25) is 0 Å². The first-order chi connectivity index (χ1) is 10.3. The second-order valence-electron chi connectivity index (χ2n) is 4.92. The van der Waals surface area contributed by atoms with Crippen LogP contribution in [0.1, 0.15) is 15.9 Å². The fourth-order valence-electron chi connectivity index (χ4n) is 2.77. The van der Waals surface area contributed by atoms with Gasteiger partial charge in [0.1, 0.15) is 5.76 Å². The molecule has 0 unspecified atom stereocenters. The second-order valence-corrected chi connectivity index (χ2v) is 4.92. The third-order valence-corrected chi connectivity index (χ3v) is 3.69. The molecule has 0 fully saturated rings. The molecule has 0 N–H and O–H groups in total. The minimum absolute atomic E-state index is 0.0943. The molecule has 3 aromatic rings. The number of carbonyl (C=O) groups is 1. The Kier molecular flexibility index (Phi) is 2.42. The molecular formula is C18H10O3. The van der Waals surface area contributed by atoms with Gasteiger partial charge in [0.25, 0.3) is 0 Å². The average molecular weight is 274 g/mol. The summed E-state index contributed by atoms with van der Waals surface area (Å²) in [5.41, 5.74) is 2.82. The highest BCUT2D eigenvalue weighted by Gasteiger charge is 2.31. The molecule has 1 heterocycles. The summed E-state index contributed by atoms with van der Waals surface area (Å²) in [5, 5.41) is 0. The van der Waals surface area contributed by atoms with Crippen molar-refractivity contribution >= 4 is 5.78 Å². The van der Waals surface area contributed by atoms with Gasteiger partial charge in [0.15, 0.2) is 5.78 Å². The van der Waals surface area contributed by atoms with E-state index in [0.717, 1.165) is 11.1 Å². The number of benzene rings is 2. The van der Waals surface area contributed by atoms with Crippen molar-refractivity contribution < 1.29 is 9.21 Å². The molecule has 0 aliphatic heterocycles. The van der Waals surface area contributed by atoms with Crippen molar-refractivity contribution in [2.45, 2.75) is 0 Å². The fourth-order valence-corrected chi connectivity index (χ4v) is 2.77. The van der Waals surface area contributed by atoms with E-state index >= 15 is 0 Å². The van der Waals surface area contributed by atoms with E-state index in [-0.39, 0.29) is 5.78 Å². The zero-order chi connectivity index (χ0) is 14.4. The third-order valence-electron chi connectivity index (χ3n) is 3.69. The van der Waals surface area contributed by atoms with Gasteiger partial charge in [0, 0.05) is 22.8 Å². The summed E-state index contributed by atoms with van der Waals surface area (Å²) in [6.07, 6.45) is 0. The van der Waals surface area contributed by atoms with Crippen LogP contribution in [-0.4, -0.2) is 5.78 Å². The maximum atomic E-state index is 12.6. The molecule has 2 aromatic carbocycles. The molecule has 0 spiro atoms. The topological polar surface area (TPSA) is 47.3 Å². The monoisotopic (exact) mass is 274 g/mol. The van der Waals surface area contributed by atoms with Crippen LogP contribution in [0.15, 0.2) is 69.9 Å². The van der Waals surface area contributed by atoms with E-state index in [0.29, 0.717) is 22.5 Å². The van der Waals surface area contributed by atoms with Crippen molar-refractivity contribution in [1.82, 2.24) is 0 Å². The molecule has 1 aliphatic carbocycles. The van der Waals surface area contributed by atoms with Crippen molar-refractivity contribution in [1.29, 1.82) is 0 Å². The first kappa shape index (κ1) is 11.9. The van der Waals surface area contributed by atoms with Gasteiger partial charge in [0.2, 0.25) is 0 Å². The van der Waals surface area contributed by atoms with Gasteiger partial charge in [-0.1, -0.05) is 54.6 Å². The minimum atomic E-state index is -0.447. The first-order valence-corrected chi connectivity index (χ1v) is 6.63. The van der Waals surface area contributed by atoms with Gasteiger partial charge < -0.3 is 4.42 Å². The lowest BCUT2D eigenvalue weighted by molar-refractivity contribution is 0.104. The molecule has 0 bridgehead atoms. The summed E-state index contributed by atoms with van der Waals surface area (Å²) in [5.74, 6) is 0.252. The van der Waals surface area contributed by atoms with Crippen LogP contribution in [0.25, 0.3) is 22.5 Å². The van der Waals surface area contributed by atoms with Crippen molar-refractivity contribution in [2.24, 2.45) is 0 Å². The number of rotatable bonds is 1. The van der Waals surface area contributed by atoms with Gasteiger partial charge in [-0.15, -0.1) is 0 Å². The highest BCUT2D eigenvalue weighted by atomic mass is 16.4. The number of fused-ring (bicyclic) bond motifs is 3. The molecule has 21 heavy (non-hydrogen) atoms. The first-order valence-electron chi connectivity index (χ1n) is 6.63. The minimum Gasteiger partial charge on any atom is -0.422 e. The normalized spacial score (nSPS) is 12.1. The highest BCUT2D eigenvalue weighted by Crippen LogP contribution is 2.40. The van der Waals surface area contributed by atoms with Crippen LogP contribution in [0.3, 0.4) is 0 Å². The van der Waals surface area contributed by atoms with E-state index in [1.54, 1.807) is 6.07 Å². The predicted octanol–water partition coefficient (Wildman–Crippen LogP) is 3.52. The second kappa shape index (κ2) is 4.28. The molecule has 1 aliphatic rings. The molecule has 0 amide bonds. The van der Waals surface area contributed by atoms with Gasteiger partial charge in [-0.05, 0) is 5.56 Å². The summed E-state index contributed by atoms with van der Waals surface area (Å²) >= 11 is 0. The summed E-state index contributed by atoms with van der Waals surface area (Å²) in [7, 11) is 0. The Labute approximate surface area is 120 Å². The lowest BCUT2D eigenvalue weighted by Crippen LogP contribution is -2.04. The Morgan fingerprint density at radius 1 is 0.714 bits per heavy atom. The van der Waals surface area contributed by atoms with E-state index < -0.39 is 5.63 Å². The van der Waals surface area contributed by atoms with E-state index in [2.05, 4.69) is 0 Å². The highest BCUT2D eigenvalue weighted by molar-refractivity contribution is 6.24. The molecule has 100 valence electrons. The van der Waals surface area contributed by atoms with Crippen LogP contribution < -0.4 is 5.63 Å². The zero-order valence-electron chi connectivity index (χ0n) is 11.0. The maximum Gasteiger partial charge on any atom is 0.336 e. The Bertz CT molecular complexity index is 921. The van der Waals surface area contributed by atoms with Gasteiger partial charge in [0.05, 0.1) is 5.56 Å². The molecule has 3 nitrogen and oxygen atoms in total. The zero-order valence-corrected chi connectivity index (χ0v) is 11.0. The molecule has 4 rings (SSSR count). The molecular weight excluding hydrogens is 264 g/mol. The van der Waals surface area contributed by atoms with E-state index in [9.17, 15) is 9.59 Å². The number of hydrogen-bond donors (Lipinski definition) is 0. The standard InChI is InChI=1S/C18H10O3/c19-15-10-14-12-8-4-5-9-13(12)17(20)16(14)18(21-15)11-6-2-1-3-7-11/h1-10H. The van der Waals surface area contributed by atoms with Crippen molar-refractivity contribution in [3.05, 3.63) is 82.2 Å². The largest absolute Gasteiger partial charge is 0.422 e. The summed E-state index contributed by atoms with van der Waals surface area (Å²) in [4.78, 5) is 24.5. The van der Waals surface area contributed by atoms with Crippen LogP contribution in [-0.2, 0) is 0 Å². The van der Waals surface area contributed by atoms with Gasteiger partial charge in [-0.2, -0.15) is 0 Å². The number of hydrogen-bond acceptors (Lipinski definition) is 3. The van der Waals surface area contributed by atoms with E-state index in [1.165, 1.54) is 6.07 Å². The lowest BCUT2D eigenvalue weighted by atomic mass is 10.0. The Balaban J connectivity index is 2.09. The molecule has 0 atom stereocenters. The quantitative estimate of drug-likeness (QED) is 0.533. The third kappa shape index (κ3) is 1.68. The molecule has 0 saturated heterocycles. The Morgan fingerprint density at radius 3 is 2.14 bits per heavy atom. The number of ketones is 1. The van der Waals surface area contributed by atoms with Crippen LogP contribution in [0, 0.1) is 0 Å². The smallest absolute Gasteiger partial charge is 0.336 e. The van der Waals surface area contributed by atoms with Gasteiger partial charge in [-0.25, -0.2) is 4.79 Å². The van der Waals surface area contributed by atoms with E-state index in [1.807, 2.05) is 48.5 Å². The lowest BCUT2D eigenvalue weighted by Gasteiger charge is -2.05. The molecule has 0 radical (unpaired) electrons. The Hall–Kier alpha value is -2.94. The maximum absolute atomic E-state index is 12.6. The van der Waals surface area contributed by atoms with Crippen LogP contribution in [0.4, 0.5) is 0 Å². The van der Waals surface area contributed by atoms with Gasteiger partial charge >= 0.3 is 5.63 Å². The molecule has 3 heteroatoms.